The van der Waals surface area contributed by atoms with Gasteiger partial charge in [-0.15, -0.1) is 0 Å². The number of carbonyl (C=O) groups excluding carboxylic acids is 2. The minimum atomic E-state index is -4.38. The molecule has 3 N–H and O–H groups in total. The van der Waals surface area contributed by atoms with E-state index in [2.05, 4.69) is 0 Å². The van der Waals surface area contributed by atoms with Crippen LogP contribution < -0.4 is 4.72 Å². The van der Waals surface area contributed by atoms with E-state index in [9.17, 15) is 28.2 Å². The number of amides is 1. The topological polar surface area (TPSA) is 139 Å². The number of aliphatic hydroxyl groups excluding tert-OH is 2. The molecule has 0 radical (unpaired) electrons. The van der Waals surface area contributed by atoms with Crippen LogP contribution in [0.4, 0.5) is 0 Å². The summed E-state index contributed by atoms with van der Waals surface area (Å²) >= 11 is 0. The standard InChI is InChI=1S/C18H31NO8S/c1-12(20)19-28(24,25)27-18-16(23)10-14(21)11-17(18)26-9-5-4-7-13-6-2-3-8-15(13)22/h13-14,16-18,21,23H,2-11H2,1H3,(H,19,20)/t13?,14-,16-,17-,18-/m1/s1. The first-order chi connectivity index (χ1) is 13.2. The van der Waals surface area contributed by atoms with Crippen molar-refractivity contribution < 1.29 is 37.1 Å². The SMILES string of the molecule is CC(=O)NS(=O)(=O)O[C@@H]1[C@H](O)C[C@@H](O)C[C@H]1OCCCCC1CCCCC1=O. The van der Waals surface area contributed by atoms with Gasteiger partial charge in [0, 0.05) is 38.7 Å². The summed E-state index contributed by atoms with van der Waals surface area (Å²) in [6, 6.07) is 0. The van der Waals surface area contributed by atoms with Gasteiger partial charge in [0.25, 0.3) is 0 Å². The van der Waals surface area contributed by atoms with E-state index in [4.69, 9.17) is 8.92 Å². The fourth-order valence-corrected chi connectivity index (χ4v) is 4.83. The van der Waals surface area contributed by atoms with E-state index in [-0.39, 0.29) is 18.8 Å². The van der Waals surface area contributed by atoms with Crippen LogP contribution in [0.5, 0.6) is 0 Å². The van der Waals surface area contributed by atoms with Gasteiger partial charge < -0.3 is 14.9 Å². The summed E-state index contributed by atoms with van der Waals surface area (Å²) in [6.45, 7) is 1.33. The van der Waals surface area contributed by atoms with Gasteiger partial charge in [-0.2, -0.15) is 8.42 Å². The summed E-state index contributed by atoms with van der Waals surface area (Å²) in [7, 11) is -4.38. The van der Waals surface area contributed by atoms with Gasteiger partial charge in [0.15, 0.2) is 0 Å². The number of rotatable bonds is 9. The molecule has 1 unspecified atom stereocenters. The lowest BCUT2D eigenvalue weighted by molar-refractivity contribution is -0.130. The van der Waals surface area contributed by atoms with Crippen molar-refractivity contribution in [3.8, 4) is 0 Å². The zero-order valence-corrected chi connectivity index (χ0v) is 17.0. The van der Waals surface area contributed by atoms with Crippen LogP contribution in [0.3, 0.4) is 0 Å². The Morgan fingerprint density at radius 2 is 1.96 bits per heavy atom. The molecule has 2 aliphatic carbocycles. The van der Waals surface area contributed by atoms with Crippen molar-refractivity contribution in [1.82, 2.24) is 4.72 Å². The van der Waals surface area contributed by atoms with Gasteiger partial charge in [0.2, 0.25) is 5.91 Å². The van der Waals surface area contributed by atoms with Crippen LogP contribution in [0.25, 0.3) is 0 Å². The van der Waals surface area contributed by atoms with Crippen molar-refractivity contribution in [3.63, 3.8) is 0 Å². The molecule has 2 fully saturated rings. The zero-order chi connectivity index (χ0) is 20.7. The lowest BCUT2D eigenvalue weighted by Crippen LogP contribution is -2.51. The molecule has 5 atom stereocenters. The Labute approximate surface area is 166 Å². The van der Waals surface area contributed by atoms with Crippen molar-refractivity contribution in [2.45, 2.75) is 89.1 Å². The van der Waals surface area contributed by atoms with Gasteiger partial charge >= 0.3 is 10.3 Å². The highest BCUT2D eigenvalue weighted by Gasteiger charge is 2.41. The molecule has 0 aromatic heterocycles. The van der Waals surface area contributed by atoms with Crippen molar-refractivity contribution >= 4 is 22.0 Å². The van der Waals surface area contributed by atoms with Crippen LogP contribution in [0.2, 0.25) is 0 Å². The molecule has 0 bridgehead atoms. The number of nitrogens with one attached hydrogen (secondary N) is 1. The molecule has 0 aromatic carbocycles. The number of hydrogen-bond donors (Lipinski definition) is 3. The number of Topliss-reactive ketones (excluding diaryl/α,β-unsaturated/α-hetero) is 1. The number of carbonyl (C=O) groups is 2. The summed E-state index contributed by atoms with van der Waals surface area (Å²) in [5, 5.41) is 20.0. The summed E-state index contributed by atoms with van der Waals surface area (Å²) in [5.41, 5.74) is 0. The van der Waals surface area contributed by atoms with Crippen molar-refractivity contribution in [2.75, 3.05) is 6.61 Å². The maximum atomic E-state index is 11.8. The number of hydrogen-bond acceptors (Lipinski definition) is 8. The molecular weight excluding hydrogens is 390 g/mol. The highest BCUT2D eigenvalue weighted by atomic mass is 32.2. The highest BCUT2D eigenvalue weighted by molar-refractivity contribution is 7.85. The molecule has 2 saturated carbocycles. The Hall–Kier alpha value is -1.07. The number of ether oxygens (including phenoxy) is 1. The highest BCUT2D eigenvalue weighted by Crippen LogP contribution is 2.27. The number of unbranched alkanes of at least 4 members (excludes halogenated alkanes) is 1. The quantitative estimate of drug-likeness (QED) is 0.460. The predicted octanol–water partition coefficient (Wildman–Crippen LogP) is 0.583. The van der Waals surface area contributed by atoms with E-state index in [1.807, 2.05) is 0 Å². The predicted molar refractivity (Wildman–Crippen MR) is 99.4 cm³/mol. The Kier molecular flexibility index (Phi) is 8.81. The molecule has 1 amide bonds. The molecule has 10 heteroatoms. The van der Waals surface area contributed by atoms with E-state index in [0.29, 0.717) is 25.2 Å². The lowest BCUT2D eigenvalue weighted by Gasteiger charge is -2.36. The third-order valence-electron chi connectivity index (χ3n) is 5.23. The zero-order valence-electron chi connectivity index (χ0n) is 16.2. The summed E-state index contributed by atoms with van der Waals surface area (Å²) in [4.78, 5) is 22.8. The van der Waals surface area contributed by atoms with Crippen LogP contribution in [-0.4, -0.2) is 61.3 Å². The minimum Gasteiger partial charge on any atom is -0.393 e. The summed E-state index contributed by atoms with van der Waals surface area (Å²) in [6.07, 6.45) is 1.97. The van der Waals surface area contributed by atoms with Crippen LogP contribution >= 0.6 is 0 Å². The molecule has 0 heterocycles. The van der Waals surface area contributed by atoms with Gasteiger partial charge in [0.1, 0.15) is 11.9 Å². The van der Waals surface area contributed by atoms with Gasteiger partial charge in [-0.1, -0.05) is 12.8 Å². The third kappa shape index (κ3) is 7.40. The van der Waals surface area contributed by atoms with Crippen molar-refractivity contribution in [1.29, 1.82) is 0 Å². The first kappa shape index (κ1) is 23.2. The van der Waals surface area contributed by atoms with Gasteiger partial charge in [-0.25, -0.2) is 8.91 Å². The van der Waals surface area contributed by atoms with Gasteiger partial charge in [-0.3, -0.25) is 9.59 Å². The van der Waals surface area contributed by atoms with E-state index < -0.39 is 40.6 Å². The normalized spacial score (nSPS) is 31.5. The van der Waals surface area contributed by atoms with Crippen LogP contribution in [0, 0.1) is 5.92 Å². The number of aliphatic hydroxyl groups is 2. The average Bonchev–Trinajstić information content (AvgIpc) is 2.58. The van der Waals surface area contributed by atoms with E-state index in [1.165, 1.54) is 0 Å². The summed E-state index contributed by atoms with van der Waals surface area (Å²) < 4.78 is 36.0. The van der Waals surface area contributed by atoms with Gasteiger partial charge in [0.05, 0.1) is 18.3 Å². The Morgan fingerprint density at radius 3 is 2.64 bits per heavy atom. The fraction of sp³-hybridized carbons (Fsp3) is 0.889. The Morgan fingerprint density at radius 1 is 1.21 bits per heavy atom. The third-order valence-corrected chi connectivity index (χ3v) is 6.24. The average molecular weight is 422 g/mol. The van der Waals surface area contributed by atoms with Crippen LogP contribution in [0.1, 0.15) is 64.7 Å². The molecule has 9 nitrogen and oxygen atoms in total. The monoisotopic (exact) mass is 421 g/mol. The first-order valence-electron chi connectivity index (χ1n) is 9.90. The molecule has 28 heavy (non-hydrogen) atoms. The lowest BCUT2D eigenvalue weighted by atomic mass is 9.84. The maximum Gasteiger partial charge on any atom is 0.362 e. The maximum absolute atomic E-state index is 11.8. The molecule has 2 aliphatic rings. The Bertz CT molecular complexity index is 637. The smallest absolute Gasteiger partial charge is 0.362 e. The van der Waals surface area contributed by atoms with Crippen LogP contribution in [-0.2, 0) is 28.8 Å². The molecule has 0 spiro atoms. The van der Waals surface area contributed by atoms with Crippen molar-refractivity contribution in [2.24, 2.45) is 5.92 Å². The molecule has 162 valence electrons. The van der Waals surface area contributed by atoms with Crippen LogP contribution in [0.15, 0.2) is 0 Å². The second-order valence-corrected chi connectivity index (χ2v) is 8.98. The molecule has 0 saturated heterocycles. The largest absolute Gasteiger partial charge is 0.393 e. The fourth-order valence-electron chi connectivity index (χ4n) is 3.88. The summed E-state index contributed by atoms with van der Waals surface area (Å²) in [5.74, 6) is -0.339. The minimum absolute atomic E-state index is 0.0378. The second-order valence-electron chi connectivity index (χ2n) is 7.68. The van der Waals surface area contributed by atoms with Crippen molar-refractivity contribution in [3.05, 3.63) is 0 Å². The second kappa shape index (κ2) is 10.6. The first-order valence-corrected chi connectivity index (χ1v) is 11.3. The molecule has 0 aromatic rings. The Balaban J connectivity index is 1.82. The molecular formula is C18H31NO8S. The van der Waals surface area contributed by atoms with Gasteiger partial charge in [-0.05, 0) is 25.7 Å². The van der Waals surface area contributed by atoms with E-state index in [0.717, 1.165) is 39.0 Å². The van der Waals surface area contributed by atoms with E-state index in [1.54, 1.807) is 4.72 Å². The molecule has 0 aliphatic heterocycles. The van der Waals surface area contributed by atoms with E-state index >= 15 is 0 Å². The molecule has 2 rings (SSSR count). The number of ketones is 1.